The lowest BCUT2D eigenvalue weighted by Gasteiger charge is -2.08. The van der Waals surface area contributed by atoms with E-state index >= 15 is 0 Å². The summed E-state index contributed by atoms with van der Waals surface area (Å²) in [7, 11) is 0. The van der Waals surface area contributed by atoms with E-state index in [0.717, 1.165) is 0 Å². The molecule has 0 atom stereocenters. The van der Waals surface area contributed by atoms with Crippen LogP contribution in [0.5, 0.6) is 5.75 Å². The van der Waals surface area contributed by atoms with Crippen molar-refractivity contribution < 1.29 is 33.4 Å². The number of carbonyl (C=O) groups excluding carboxylic acids is 2. The topological polar surface area (TPSA) is 108 Å². The van der Waals surface area contributed by atoms with Crippen molar-refractivity contribution in [2.24, 2.45) is 0 Å². The summed E-state index contributed by atoms with van der Waals surface area (Å²) in [6.07, 6.45) is 1.48. The largest absolute Gasteiger partial charge is 0.486 e. The Bertz CT molecular complexity index is 1350. The molecule has 33 heavy (non-hydrogen) atoms. The van der Waals surface area contributed by atoms with Gasteiger partial charge in [-0.05, 0) is 61.5 Å². The molecule has 1 N–H and O–H groups in total. The van der Waals surface area contributed by atoms with Gasteiger partial charge >= 0.3 is 11.9 Å². The Kier molecular flexibility index (Phi) is 6.19. The highest BCUT2D eigenvalue weighted by Crippen LogP contribution is 2.29. The summed E-state index contributed by atoms with van der Waals surface area (Å²) < 4.78 is 17.7. The number of benzene rings is 2. The van der Waals surface area contributed by atoms with Gasteiger partial charge in [-0.25, -0.2) is 9.59 Å². The summed E-state index contributed by atoms with van der Waals surface area (Å²) >= 11 is 6.05. The zero-order valence-corrected chi connectivity index (χ0v) is 18.2. The zero-order chi connectivity index (χ0) is 23.5. The molecular formula is C24H18ClNO7. The number of carboxylic acid groups (broad SMARTS) is 1. The smallest absolute Gasteiger partial charge is 0.377 e. The van der Waals surface area contributed by atoms with Crippen LogP contribution >= 0.6 is 11.6 Å². The number of carbonyl (C=O) groups is 3. The second-order valence-electron chi connectivity index (χ2n) is 6.98. The van der Waals surface area contributed by atoms with E-state index in [1.165, 1.54) is 12.3 Å². The molecule has 0 aliphatic heterocycles. The Morgan fingerprint density at radius 1 is 1.06 bits per heavy atom. The Morgan fingerprint density at radius 2 is 1.82 bits per heavy atom. The average Bonchev–Trinajstić information content (AvgIpc) is 3.42. The highest BCUT2D eigenvalue weighted by molar-refractivity contribution is 6.42. The van der Waals surface area contributed by atoms with E-state index in [1.54, 1.807) is 60.0 Å². The van der Waals surface area contributed by atoms with Gasteiger partial charge < -0.3 is 23.6 Å². The normalized spacial score (nSPS) is 10.8. The van der Waals surface area contributed by atoms with Crippen LogP contribution in [0.25, 0.3) is 16.6 Å². The van der Waals surface area contributed by atoms with E-state index in [0.29, 0.717) is 33.1 Å². The number of fused-ring (bicyclic) bond motifs is 1. The lowest BCUT2D eigenvalue weighted by molar-refractivity contribution is -0.131. The molecule has 0 aliphatic carbocycles. The average molecular weight is 468 g/mol. The molecule has 9 heteroatoms. The lowest BCUT2D eigenvalue weighted by Crippen LogP contribution is -2.12. The van der Waals surface area contributed by atoms with Crippen molar-refractivity contribution in [2.75, 3.05) is 6.61 Å². The summed E-state index contributed by atoms with van der Waals surface area (Å²) in [5, 5.41) is 10.00. The van der Waals surface area contributed by atoms with Crippen molar-refractivity contribution in [1.82, 2.24) is 4.57 Å². The minimum atomic E-state index is -1.54. The van der Waals surface area contributed by atoms with Gasteiger partial charge in [-0.2, -0.15) is 0 Å². The third-order valence-corrected chi connectivity index (χ3v) is 5.07. The second-order valence-corrected chi connectivity index (χ2v) is 7.41. The first-order chi connectivity index (χ1) is 15.9. The van der Waals surface area contributed by atoms with Gasteiger partial charge in [0.15, 0.2) is 0 Å². The monoisotopic (exact) mass is 467 g/mol. The molecule has 0 radical (unpaired) electrons. The number of rotatable bonds is 8. The van der Waals surface area contributed by atoms with Crippen molar-refractivity contribution in [1.29, 1.82) is 0 Å². The maximum Gasteiger partial charge on any atom is 0.377 e. The van der Waals surface area contributed by atoms with E-state index in [4.69, 9.17) is 30.6 Å². The number of esters is 1. The van der Waals surface area contributed by atoms with Gasteiger partial charge in [0.05, 0.1) is 17.7 Å². The summed E-state index contributed by atoms with van der Waals surface area (Å²) in [5.74, 6) is -1.96. The molecule has 0 fully saturated rings. The number of carboxylic acids is 1. The molecule has 0 unspecified atom stereocenters. The number of halogens is 1. The van der Waals surface area contributed by atoms with Crippen LogP contribution in [0.2, 0.25) is 5.02 Å². The van der Waals surface area contributed by atoms with Crippen LogP contribution in [0, 0.1) is 0 Å². The Morgan fingerprint density at radius 3 is 2.52 bits per heavy atom. The van der Waals surface area contributed by atoms with Gasteiger partial charge in [0.2, 0.25) is 5.76 Å². The number of hydrogen-bond donors (Lipinski definition) is 1. The van der Waals surface area contributed by atoms with Crippen molar-refractivity contribution >= 4 is 40.2 Å². The number of Topliss-reactive ketones (excluding diaryl/α,β-unsaturated/α-hetero) is 1. The molecule has 0 amide bonds. The van der Waals surface area contributed by atoms with Crippen LogP contribution in [-0.2, 0) is 16.1 Å². The lowest BCUT2D eigenvalue weighted by atomic mass is 10.1. The number of furan rings is 1. The molecule has 2 heterocycles. The van der Waals surface area contributed by atoms with Gasteiger partial charge in [-0.3, -0.25) is 4.79 Å². The van der Waals surface area contributed by atoms with Crippen LogP contribution in [0.3, 0.4) is 0 Å². The molecule has 0 aliphatic rings. The summed E-state index contributed by atoms with van der Waals surface area (Å²) in [6.45, 7) is 2.08. The van der Waals surface area contributed by atoms with Crippen LogP contribution in [0.15, 0.2) is 65.2 Å². The van der Waals surface area contributed by atoms with Crippen molar-refractivity contribution in [3.8, 4) is 11.4 Å². The fourth-order valence-electron chi connectivity index (χ4n) is 3.34. The molecule has 8 nitrogen and oxygen atoms in total. The number of aromatic nitrogens is 1. The molecule has 0 saturated carbocycles. The van der Waals surface area contributed by atoms with Crippen molar-refractivity contribution in [3.63, 3.8) is 0 Å². The van der Waals surface area contributed by atoms with E-state index in [1.807, 2.05) is 0 Å². The number of ketones is 1. The fourth-order valence-corrected chi connectivity index (χ4v) is 3.51. The van der Waals surface area contributed by atoms with Gasteiger partial charge in [0.1, 0.15) is 18.1 Å². The maximum atomic E-state index is 12.2. The SMILES string of the molecule is CCOC(=O)c1ccc(COc2ccc(-n3cc(C(=O)C(=O)O)c4cc(Cl)ccc43)cc2)o1. The Hall–Kier alpha value is -4.04. The number of ether oxygens (including phenoxy) is 2. The second kappa shape index (κ2) is 9.22. The van der Waals surface area contributed by atoms with Crippen LogP contribution in [-0.4, -0.2) is 34.0 Å². The van der Waals surface area contributed by atoms with Crippen molar-refractivity contribution in [3.05, 3.63) is 82.9 Å². The maximum absolute atomic E-state index is 12.2. The number of nitrogens with zero attached hydrogens (tertiary/aromatic N) is 1. The highest BCUT2D eigenvalue weighted by atomic mass is 35.5. The molecule has 2 aromatic heterocycles. The zero-order valence-electron chi connectivity index (χ0n) is 17.4. The van der Waals surface area contributed by atoms with E-state index in [9.17, 15) is 14.4 Å². The van der Waals surface area contributed by atoms with E-state index < -0.39 is 17.7 Å². The first-order valence-corrected chi connectivity index (χ1v) is 10.3. The third-order valence-electron chi connectivity index (χ3n) is 4.84. The number of aliphatic carboxylic acids is 1. The summed E-state index contributed by atoms with van der Waals surface area (Å²) in [4.78, 5) is 35.1. The molecular weight excluding hydrogens is 450 g/mol. The van der Waals surface area contributed by atoms with E-state index in [-0.39, 0.29) is 24.5 Å². The van der Waals surface area contributed by atoms with Crippen molar-refractivity contribution in [2.45, 2.75) is 13.5 Å². The minimum Gasteiger partial charge on any atom is -0.486 e. The summed E-state index contributed by atoms with van der Waals surface area (Å²) in [6, 6.07) is 15.1. The Balaban J connectivity index is 1.54. The molecule has 0 spiro atoms. The fraction of sp³-hybridized carbons (Fsp3) is 0.125. The molecule has 2 aromatic carbocycles. The molecule has 0 bridgehead atoms. The number of hydrogen-bond acceptors (Lipinski definition) is 6. The van der Waals surface area contributed by atoms with Gasteiger partial charge in [-0.15, -0.1) is 0 Å². The van der Waals surface area contributed by atoms with Crippen LogP contribution in [0.1, 0.15) is 33.6 Å². The van der Waals surface area contributed by atoms with Gasteiger partial charge in [0.25, 0.3) is 5.78 Å². The standard InChI is InChI=1S/C24H18ClNO7/c1-2-31-24(30)21-10-8-17(33-21)13-32-16-6-4-15(5-7-16)26-12-19(22(27)23(28)29)18-11-14(25)3-9-20(18)26/h3-12H,2,13H2,1H3,(H,28,29). The predicted molar refractivity (Wildman–Crippen MR) is 119 cm³/mol. The first kappa shape index (κ1) is 22.2. The van der Waals surface area contributed by atoms with Gasteiger partial charge in [0, 0.05) is 22.3 Å². The van der Waals surface area contributed by atoms with Gasteiger partial charge in [-0.1, -0.05) is 11.6 Å². The molecule has 4 aromatic rings. The quantitative estimate of drug-likeness (QED) is 0.223. The van der Waals surface area contributed by atoms with Crippen LogP contribution < -0.4 is 4.74 Å². The van der Waals surface area contributed by atoms with Crippen LogP contribution in [0.4, 0.5) is 0 Å². The highest BCUT2D eigenvalue weighted by Gasteiger charge is 2.21. The predicted octanol–water partition coefficient (Wildman–Crippen LogP) is 4.90. The Labute approximate surface area is 192 Å². The third kappa shape index (κ3) is 4.61. The minimum absolute atomic E-state index is 0.0514. The van der Waals surface area contributed by atoms with E-state index in [2.05, 4.69) is 0 Å². The first-order valence-electron chi connectivity index (χ1n) is 9.94. The summed E-state index contributed by atoms with van der Waals surface area (Å²) in [5.41, 5.74) is 1.39. The molecule has 4 rings (SSSR count). The molecule has 168 valence electrons. The molecule has 0 saturated heterocycles.